The molecule has 216 valence electrons. The molecule has 1 aromatic carbocycles. The van der Waals surface area contributed by atoms with Crippen LogP contribution in [0.5, 0.6) is 5.75 Å². The molecule has 1 fully saturated rings. The predicted octanol–water partition coefficient (Wildman–Crippen LogP) is 5.15. The van der Waals surface area contributed by atoms with Crippen molar-refractivity contribution < 1.29 is 36.8 Å². The van der Waals surface area contributed by atoms with Gasteiger partial charge in [0.25, 0.3) is 0 Å². The van der Waals surface area contributed by atoms with E-state index in [0.29, 0.717) is 16.6 Å². The highest BCUT2D eigenvalue weighted by molar-refractivity contribution is 7.90. The fraction of sp³-hybridized carbons (Fsp3) is 0.481. The molecule has 0 saturated heterocycles. The van der Waals surface area contributed by atoms with Crippen LogP contribution < -0.4 is 4.74 Å². The summed E-state index contributed by atoms with van der Waals surface area (Å²) in [6.45, 7) is 1.57. The third-order valence-electron chi connectivity index (χ3n) is 6.74. The molecule has 1 aliphatic carbocycles. The van der Waals surface area contributed by atoms with Crippen molar-refractivity contribution >= 4 is 34.2 Å². The van der Waals surface area contributed by atoms with Gasteiger partial charge < -0.3 is 18.9 Å². The average Bonchev–Trinajstić information content (AvgIpc) is 3.31. The highest BCUT2D eigenvalue weighted by atomic mass is 32.2. The number of ether oxygens (including phenoxy) is 2. The Bertz CT molecular complexity index is 1340. The van der Waals surface area contributed by atoms with Crippen LogP contribution in [0.3, 0.4) is 0 Å². The Morgan fingerprint density at radius 3 is 2.60 bits per heavy atom. The van der Waals surface area contributed by atoms with Gasteiger partial charge in [-0.1, -0.05) is 31.4 Å². The number of fused-ring (bicyclic) bond motifs is 1. The van der Waals surface area contributed by atoms with Crippen molar-refractivity contribution in [1.82, 2.24) is 19.4 Å². The number of alkyl halides is 3. The van der Waals surface area contributed by atoms with Crippen molar-refractivity contribution in [2.24, 2.45) is 0 Å². The number of hydrogen-bond acceptors (Lipinski definition) is 7. The number of esters is 1. The van der Waals surface area contributed by atoms with Crippen LogP contribution in [-0.2, 0) is 26.5 Å². The molecule has 0 N–H and O–H groups in total. The van der Waals surface area contributed by atoms with Crippen LogP contribution in [-0.4, -0.2) is 68.0 Å². The van der Waals surface area contributed by atoms with E-state index in [-0.39, 0.29) is 41.5 Å². The van der Waals surface area contributed by atoms with Crippen LogP contribution in [0.15, 0.2) is 41.7 Å². The molecule has 1 amide bonds. The van der Waals surface area contributed by atoms with Crippen LogP contribution in [0, 0.1) is 6.92 Å². The summed E-state index contributed by atoms with van der Waals surface area (Å²) in [4.78, 5) is 35.9. The number of benzene rings is 1. The number of nitrogens with zero attached hydrogens (tertiary/aromatic N) is 4. The molecule has 1 saturated carbocycles. The fourth-order valence-corrected chi connectivity index (χ4v) is 6.04. The summed E-state index contributed by atoms with van der Waals surface area (Å²) in [5, 5.41) is 0.00214. The Morgan fingerprint density at radius 2 is 1.90 bits per heavy atom. The number of hydrogen-bond donors (Lipinski definition) is 0. The Labute approximate surface area is 232 Å². The molecule has 2 heterocycles. The minimum absolute atomic E-state index is 0.00214. The lowest BCUT2D eigenvalue weighted by molar-refractivity contribution is -0.153. The zero-order chi connectivity index (χ0) is 28.9. The normalized spacial score (nSPS) is 15.2. The number of carbonyl (C=O) groups excluding carboxylic acids is 2. The lowest BCUT2D eigenvalue weighted by Crippen LogP contribution is -2.46. The van der Waals surface area contributed by atoms with Crippen LogP contribution in [0.4, 0.5) is 18.0 Å². The monoisotopic (exact) mass is 580 g/mol. The molecule has 0 spiro atoms. The van der Waals surface area contributed by atoms with Crippen LogP contribution in [0.25, 0.3) is 11.0 Å². The zero-order valence-corrected chi connectivity index (χ0v) is 23.1. The van der Waals surface area contributed by atoms with Gasteiger partial charge in [0, 0.05) is 35.9 Å². The van der Waals surface area contributed by atoms with Crippen molar-refractivity contribution in [3.05, 3.63) is 47.8 Å². The molecular weight excluding hydrogens is 549 g/mol. The summed E-state index contributed by atoms with van der Waals surface area (Å²) in [5.74, 6) is -0.657. The van der Waals surface area contributed by atoms with Crippen molar-refractivity contribution in [2.75, 3.05) is 19.8 Å². The number of para-hydroxylation sites is 2. The Hall–Kier alpha value is -3.32. The van der Waals surface area contributed by atoms with E-state index >= 15 is 0 Å². The quantitative estimate of drug-likeness (QED) is 0.254. The highest BCUT2D eigenvalue weighted by Gasteiger charge is 2.34. The first kappa shape index (κ1) is 29.7. The number of pyridine rings is 1. The molecule has 0 bridgehead atoms. The first-order valence-electron chi connectivity index (χ1n) is 13.0. The van der Waals surface area contributed by atoms with Gasteiger partial charge in [-0.2, -0.15) is 18.2 Å². The number of halogens is 3. The van der Waals surface area contributed by atoms with Crippen molar-refractivity contribution in [1.29, 1.82) is 0 Å². The van der Waals surface area contributed by atoms with E-state index in [0.717, 1.165) is 32.1 Å². The lowest BCUT2D eigenvalue weighted by atomic mass is 9.94. The first-order valence-corrected chi connectivity index (χ1v) is 14.3. The Kier molecular flexibility index (Phi) is 9.56. The summed E-state index contributed by atoms with van der Waals surface area (Å²) in [7, 11) is 0. The van der Waals surface area contributed by atoms with Gasteiger partial charge in [0.2, 0.25) is 0 Å². The van der Waals surface area contributed by atoms with E-state index in [1.165, 1.54) is 23.8 Å². The largest absolute Gasteiger partial charge is 0.609 e. The van der Waals surface area contributed by atoms with E-state index in [2.05, 4.69) is 9.97 Å². The predicted molar refractivity (Wildman–Crippen MR) is 141 cm³/mol. The molecule has 1 aliphatic rings. The Balaban J connectivity index is 1.66. The molecule has 1 atom stereocenters. The molecule has 3 aromatic rings. The van der Waals surface area contributed by atoms with Crippen LogP contribution in [0.1, 0.15) is 50.3 Å². The van der Waals surface area contributed by atoms with Crippen LogP contribution >= 0.6 is 0 Å². The minimum Gasteiger partial charge on any atom is -0.609 e. The summed E-state index contributed by atoms with van der Waals surface area (Å²) in [5.41, 5.74) is 1.52. The van der Waals surface area contributed by atoms with E-state index < -0.39 is 36.0 Å². The molecular formula is C27H31F3N4O5S. The fourth-order valence-electron chi connectivity index (χ4n) is 4.79. The summed E-state index contributed by atoms with van der Waals surface area (Å²) < 4.78 is 63.1. The van der Waals surface area contributed by atoms with Gasteiger partial charge in [-0.3, -0.25) is 9.78 Å². The number of imidazole rings is 1. The molecule has 4 rings (SSSR count). The molecule has 0 radical (unpaired) electrons. The second-order valence-electron chi connectivity index (χ2n) is 9.60. The zero-order valence-electron chi connectivity index (χ0n) is 22.3. The van der Waals surface area contributed by atoms with Crippen LogP contribution in [0.2, 0.25) is 0 Å². The maximum atomic E-state index is 14.1. The number of carbonyl (C=O) groups is 2. The lowest BCUT2D eigenvalue weighted by Gasteiger charge is -2.34. The molecule has 9 nitrogen and oxygen atoms in total. The van der Waals surface area contributed by atoms with E-state index in [1.54, 1.807) is 36.1 Å². The van der Waals surface area contributed by atoms with Crippen molar-refractivity contribution in [2.45, 2.75) is 69.1 Å². The third-order valence-corrected chi connectivity index (χ3v) is 7.96. The summed E-state index contributed by atoms with van der Waals surface area (Å²) in [6.07, 6.45) is 1.37. The average molecular weight is 581 g/mol. The number of amides is 1. The molecule has 40 heavy (non-hydrogen) atoms. The third kappa shape index (κ3) is 7.25. The van der Waals surface area contributed by atoms with Gasteiger partial charge in [0.1, 0.15) is 12.4 Å². The SMILES string of the molecule is CC(=O)OCCN(C(=O)n1c([S+]([O-])Cc2nccc(OCC(F)(F)F)c2C)nc2ccccc21)C1CCCCC1. The second kappa shape index (κ2) is 12.9. The van der Waals surface area contributed by atoms with E-state index in [1.807, 2.05) is 0 Å². The van der Waals surface area contributed by atoms with Gasteiger partial charge in [-0.25, -0.2) is 9.36 Å². The first-order chi connectivity index (χ1) is 19.0. The second-order valence-corrected chi connectivity index (χ2v) is 10.9. The van der Waals surface area contributed by atoms with Crippen molar-refractivity contribution in [3.8, 4) is 5.75 Å². The van der Waals surface area contributed by atoms with Gasteiger partial charge >= 0.3 is 23.3 Å². The molecule has 13 heteroatoms. The van der Waals surface area contributed by atoms with Crippen molar-refractivity contribution in [3.63, 3.8) is 0 Å². The van der Waals surface area contributed by atoms with E-state index in [9.17, 15) is 27.3 Å². The Morgan fingerprint density at radius 1 is 1.18 bits per heavy atom. The van der Waals surface area contributed by atoms with Gasteiger partial charge in [-0.15, -0.1) is 0 Å². The number of aromatic nitrogens is 3. The summed E-state index contributed by atoms with van der Waals surface area (Å²) in [6, 6.07) is 7.73. The molecule has 0 aliphatic heterocycles. The molecule has 1 unspecified atom stereocenters. The minimum atomic E-state index is -4.51. The maximum absolute atomic E-state index is 14.1. The van der Waals surface area contributed by atoms with E-state index in [4.69, 9.17) is 9.47 Å². The maximum Gasteiger partial charge on any atom is 0.422 e. The smallest absolute Gasteiger partial charge is 0.422 e. The standard InChI is InChI=1S/C27H31F3N4O5S/c1-18-22(31-13-12-24(18)39-17-27(28,29)30)16-40(37)25-32-21-10-6-7-11-23(21)34(25)26(36)33(14-15-38-19(2)35)20-8-4-3-5-9-20/h6-7,10-13,20H,3-5,8-9,14-17H2,1-2H3. The van der Waals surface area contributed by atoms with Gasteiger partial charge in [0.15, 0.2) is 12.4 Å². The van der Waals surface area contributed by atoms with Gasteiger partial charge in [-0.05, 0) is 38.0 Å². The molecule has 2 aromatic heterocycles. The number of rotatable bonds is 9. The topological polar surface area (TPSA) is 110 Å². The highest BCUT2D eigenvalue weighted by Crippen LogP contribution is 2.29. The van der Waals surface area contributed by atoms with Gasteiger partial charge in [0.05, 0.1) is 23.3 Å². The summed E-state index contributed by atoms with van der Waals surface area (Å²) >= 11 is -1.89.